The van der Waals surface area contributed by atoms with Crippen molar-refractivity contribution in [1.29, 1.82) is 0 Å². The number of nitrogens with one attached hydrogen (secondary N) is 1. The second-order valence-electron chi connectivity index (χ2n) is 3.95. The standard InChI is InChI=1S/C9H13F3N2O3/c1-14(2)7(15)6-3-5(4-13-6)17-8(16)9(10,11)12/h5-6,13H,3-4H2,1-2H3/t5-,6+/m0/s1. The molecule has 17 heavy (non-hydrogen) atoms. The number of hydrogen-bond acceptors (Lipinski definition) is 4. The average Bonchev–Trinajstić information content (AvgIpc) is 2.63. The fraction of sp³-hybridized carbons (Fsp3) is 0.778. The third-order valence-corrected chi connectivity index (χ3v) is 2.33. The van der Waals surface area contributed by atoms with E-state index in [9.17, 15) is 22.8 Å². The summed E-state index contributed by atoms with van der Waals surface area (Å²) in [7, 11) is 3.08. The first-order valence-corrected chi connectivity index (χ1v) is 4.94. The lowest BCUT2D eigenvalue weighted by Gasteiger charge is -2.16. The maximum absolute atomic E-state index is 11.9. The van der Waals surface area contributed by atoms with E-state index in [1.165, 1.54) is 4.90 Å². The highest BCUT2D eigenvalue weighted by molar-refractivity contribution is 5.82. The molecule has 5 nitrogen and oxygen atoms in total. The van der Waals surface area contributed by atoms with Crippen molar-refractivity contribution in [2.75, 3.05) is 20.6 Å². The molecule has 1 aliphatic heterocycles. The molecule has 0 saturated carbocycles. The van der Waals surface area contributed by atoms with E-state index in [0.29, 0.717) is 0 Å². The van der Waals surface area contributed by atoms with Crippen LogP contribution in [0.15, 0.2) is 0 Å². The SMILES string of the molecule is CN(C)C(=O)[C@H]1C[C@H](OC(=O)C(F)(F)F)CN1. The number of halogens is 3. The third kappa shape index (κ3) is 3.58. The van der Waals surface area contributed by atoms with Crippen LogP contribution in [0, 0.1) is 0 Å². The number of hydrogen-bond donors (Lipinski definition) is 1. The van der Waals surface area contributed by atoms with Crippen LogP contribution in [-0.4, -0.2) is 55.7 Å². The predicted molar refractivity (Wildman–Crippen MR) is 51.0 cm³/mol. The first-order valence-electron chi connectivity index (χ1n) is 4.94. The molecule has 1 aliphatic rings. The van der Waals surface area contributed by atoms with Crippen LogP contribution >= 0.6 is 0 Å². The van der Waals surface area contributed by atoms with Crippen molar-refractivity contribution >= 4 is 11.9 Å². The first-order chi connectivity index (χ1) is 7.71. The molecule has 1 saturated heterocycles. The fourth-order valence-electron chi connectivity index (χ4n) is 1.51. The number of carbonyl (C=O) groups is 2. The minimum absolute atomic E-state index is 0.0477. The Balaban J connectivity index is 2.47. The van der Waals surface area contributed by atoms with Crippen LogP contribution in [0.25, 0.3) is 0 Å². The van der Waals surface area contributed by atoms with Gasteiger partial charge in [-0.05, 0) is 0 Å². The van der Waals surface area contributed by atoms with Crippen molar-refractivity contribution in [1.82, 2.24) is 10.2 Å². The largest absolute Gasteiger partial charge is 0.490 e. The second-order valence-corrected chi connectivity index (χ2v) is 3.95. The lowest BCUT2D eigenvalue weighted by molar-refractivity contribution is -0.204. The molecule has 0 spiro atoms. The van der Waals surface area contributed by atoms with Crippen molar-refractivity contribution in [3.63, 3.8) is 0 Å². The van der Waals surface area contributed by atoms with Crippen LogP contribution in [0.1, 0.15) is 6.42 Å². The molecule has 0 aromatic carbocycles. The highest BCUT2D eigenvalue weighted by Crippen LogP contribution is 2.20. The summed E-state index contributed by atoms with van der Waals surface area (Å²) in [4.78, 5) is 23.4. The zero-order valence-electron chi connectivity index (χ0n) is 9.37. The molecule has 1 fully saturated rings. The van der Waals surface area contributed by atoms with Gasteiger partial charge in [0.05, 0.1) is 6.04 Å². The molecule has 1 amide bonds. The number of carbonyl (C=O) groups excluding carboxylic acids is 2. The fourth-order valence-corrected chi connectivity index (χ4v) is 1.51. The molecule has 0 aromatic heterocycles. The van der Waals surface area contributed by atoms with Crippen LogP contribution in [0.4, 0.5) is 13.2 Å². The van der Waals surface area contributed by atoms with Gasteiger partial charge in [-0.15, -0.1) is 0 Å². The summed E-state index contributed by atoms with van der Waals surface area (Å²) in [6, 6.07) is -0.601. The van der Waals surface area contributed by atoms with Gasteiger partial charge in [0.15, 0.2) is 0 Å². The molecule has 1 rings (SSSR count). The number of ether oxygens (including phenoxy) is 1. The Labute approximate surface area is 95.9 Å². The molecular formula is C9H13F3N2O3. The summed E-state index contributed by atoms with van der Waals surface area (Å²) in [5.41, 5.74) is 0. The smallest absolute Gasteiger partial charge is 0.454 e. The molecule has 2 atom stereocenters. The molecule has 1 N–H and O–H groups in total. The summed E-state index contributed by atoms with van der Waals surface area (Å²) in [6.07, 6.45) is -5.86. The first kappa shape index (κ1) is 13.8. The maximum atomic E-state index is 11.9. The lowest BCUT2D eigenvalue weighted by Crippen LogP contribution is -2.39. The zero-order chi connectivity index (χ0) is 13.2. The van der Waals surface area contributed by atoms with Crippen LogP contribution in [0.3, 0.4) is 0 Å². The Bertz CT molecular complexity index is 317. The van der Waals surface area contributed by atoms with E-state index < -0.39 is 24.3 Å². The van der Waals surface area contributed by atoms with Crippen molar-refractivity contribution in [3.8, 4) is 0 Å². The molecule has 0 aromatic rings. The summed E-state index contributed by atoms with van der Waals surface area (Å²) in [5, 5.41) is 2.71. The average molecular weight is 254 g/mol. The molecule has 0 radical (unpaired) electrons. The number of esters is 1. The van der Waals surface area contributed by atoms with Gasteiger partial charge < -0.3 is 15.0 Å². The Morgan fingerprint density at radius 3 is 2.41 bits per heavy atom. The second kappa shape index (κ2) is 4.91. The number of amides is 1. The maximum Gasteiger partial charge on any atom is 0.490 e. The number of likely N-dealkylation sites (N-methyl/N-ethyl adjacent to an activating group) is 1. The summed E-state index contributed by atoms with van der Waals surface area (Å²) >= 11 is 0. The van der Waals surface area contributed by atoms with Crippen molar-refractivity contribution < 1.29 is 27.5 Å². The minimum atomic E-state index is -5.00. The van der Waals surface area contributed by atoms with Crippen molar-refractivity contribution in [2.45, 2.75) is 24.7 Å². The number of rotatable bonds is 2. The Kier molecular flexibility index (Phi) is 3.97. The van der Waals surface area contributed by atoms with E-state index >= 15 is 0 Å². The van der Waals surface area contributed by atoms with Gasteiger partial charge in [-0.1, -0.05) is 0 Å². The number of nitrogens with zero attached hydrogens (tertiary/aromatic N) is 1. The number of alkyl halides is 3. The minimum Gasteiger partial charge on any atom is -0.454 e. The zero-order valence-corrected chi connectivity index (χ0v) is 9.37. The van der Waals surface area contributed by atoms with E-state index in [2.05, 4.69) is 10.1 Å². The third-order valence-electron chi connectivity index (χ3n) is 2.33. The quantitative estimate of drug-likeness (QED) is 0.700. The molecule has 0 bridgehead atoms. The van der Waals surface area contributed by atoms with Gasteiger partial charge in [0.2, 0.25) is 5.91 Å². The highest BCUT2D eigenvalue weighted by Gasteiger charge is 2.43. The van der Waals surface area contributed by atoms with Gasteiger partial charge in [-0.3, -0.25) is 4.79 Å². The molecular weight excluding hydrogens is 241 g/mol. The highest BCUT2D eigenvalue weighted by atomic mass is 19.4. The van der Waals surface area contributed by atoms with E-state index in [1.807, 2.05) is 0 Å². The van der Waals surface area contributed by atoms with E-state index in [0.717, 1.165) is 0 Å². The molecule has 0 aliphatic carbocycles. The predicted octanol–water partition coefficient (Wildman–Crippen LogP) is -0.0894. The Hall–Kier alpha value is -1.31. The van der Waals surface area contributed by atoms with Crippen LogP contribution < -0.4 is 5.32 Å². The van der Waals surface area contributed by atoms with Crippen molar-refractivity contribution in [3.05, 3.63) is 0 Å². The van der Waals surface area contributed by atoms with Crippen LogP contribution in [0.5, 0.6) is 0 Å². The Morgan fingerprint density at radius 2 is 1.94 bits per heavy atom. The molecule has 1 heterocycles. The van der Waals surface area contributed by atoms with Gasteiger partial charge in [0.25, 0.3) is 0 Å². The summed E-state index contributed by atoms with van der Waals surface area (Å²) in [5.74, 6) is -2.47. The van der Waals surface area contributed by atoms with Gasteiger partial charge in [0.1, 0.15) is 6.10 Å². The van der Waals surface area contributed by atoms with E-state index in [-0.39, 0.29) is 18.9 Å². The molecule has 98 valence electrons. The lowest BCUT2D eigenvalue weighted by atomic mass is 10.2. The topological polar surface area (TPSA) is 58.6 Å². The van der Waals surface area contributed by atoms with Crippen molar-refractivity contribution in [2.24, 2.45) is 0 Å². The van der Waals surface area contributed by atoms with Gasteiger partial charge >= 0.3 is 12.1 Å². The summed E-state index contributed by atoms with van der Waals surface area (Å²) in [6.45, 7) is 0.0477. The van der Waals surface area contributed by atoms with Gasteiger partial charge in [-0.25, -0.2) is 4.79 Å². The molecule has 0 unspecified atom stereocenters. The van der Waals surface area contributed by atoms with E-state index in [4.69, 9.17) is 0 Å². The van der Waals surface area contributed by atoms with Gasteiger partial charge in [0, 0.05) is 27.1 Å². The summed E-state index contributed by atoms with van der Waals surface area (Å²) < 4.78 is 40.0. The van der Waals surface area contributed by atoms with E-state index in [1.54, 1.807) is 14.1 Å². The van der Waals surface area contributed by atoms with Gasteiger partial charge in [-0.2, -0.15) is 13.2 Å². The van der Waals surface area contributed by atoms with Crippen LogP contribution in [-0.2, 0) is 14.3 Å². The Morgan fingerprint density at radius 1 is 1.35 bits per heavy atom. The monoisotopic (exact) mass is 254 g/mol. The molecule has 8 heteroatoms. The van der Waals surface area contributed by atoms with Crippen LogP contribution in [0.2, 0.25) is 0 Å². The normalized spacial score (nSPS) is 24.5.